The van der Waals surface area contributed by atoms with Crippen LogP contribution in [0.25, 0.3) is 11.0 Å². The van der Waals surface area contributed by atoms with Crippen molar-refractivity contribution in [3.8, 4) is 0 Å². The number of amides is 1. The minimum Gasteiger partial charge on any atom is -0.352 e. The van der Waals surface area contributed by atoms with Gasteiger partial charge in [0, 0.05) is 13.1 Å². The fourth-order valence-electron chi connectivity index (χ4n) is 3.45. The smallest absolute Gasteiger partial charge is 0.317 e. The summed E-state index contributed by atoms with van der Waals surface area (Å²) in [6.45, 7) is -0.119. The van der Waals surface area contributed by atoms with Crippen molar-refractivity contribution in [2.24, 2.45) is 7.05 Å². The van der Waals surface area contributed by atoms with Crippen molar-refractivity contribution in [2.45, 2.75) is 51.1 Å². The number of aromatic nitrogens is 2. The summed E-state index contributed by atoms with van der Waals surface area (Å²) in [4.78, 5) is 36.9. The SMILES string of the molecule is Cn1c(=O)c(=O)n(CC(=O)NC2CCCCCC2)c2ccccc21. The Morgan fingerprint density at radius 1 is 1.04 bits per heavy atom. The number of rotatable bonds is 3. The van der Waals surface area contributed by atoms with E-state index in [9.17, 15) is 14.4 Å². The highest BCUT2D eigenvalue weighted by atomic mass is 16.2. The van der Waals surface area contributed by atoms with E-state index in [-0.39, 0.29) is 18.5 Å². The van der Waals surface area contributed by atoms with Crippen molar-refractivity contribution in [2.75, 3.05) is 0 Å². The molecule has 1 aliphatic carbocycles. The molecule has 6 heteroatoms. The first-order valence-corrected chi connectivity index (χ1v) is 8.56. The van der Waals surface area contributed by atoms with Crippen LogP contribution in [0.15, 0.2) is 33.9 Å². The first kappa shape index (κ1) is 16.5. The molecule has 1 aromatic carbocycles. The summed E-state index contributed by atoms with van der Waals surface area (Å²) in [6.07, 6.45) is 6.64. The number of para-hydroxylation sites is 2. The zero-order chi connectivity index (χ0) is 17.1. The van der Waals surface area contributed by atoms with Gasteiger partial charge in [-0.25, -0.2) is 0 Å². The van der Waals surface area contributed by atoms with Gasteiger partial charge < -0.3 is 9.88 Å². The Morgan fingerprint density at radius 3 is 2.33 bits per heavy atom. The van der Waals surface area contributed by atoms with Crippen LogP contribution < -0.4 is 16.4 Å². The Bertz CT molecular complexity index is 858. The van der Waals surface area contributed by atoms with Gasteiger partial charge in [0.2, 0.25) is 5.91 Å². The lowest BCUT2D eigenvalue weighted by atomic mass is 10.1. The second-order valence-electron chi connectivity index (χ2n) is 6.50. The number of hydrogen-bond donors (Lipinski definition) is 1. The number of benzene rings is 1. The standard InChI is InChI=1S/C18H23N3O3/c1-20-14-10-6-7-11-15(14)21(18(24)17(20)23)12-16(22)19-13-8-4-2-3-5-9-13/h6-7,10-11,13H,2-5,8-9,12H2,1H3,(H,19,22). The van der Waals surface area contributed by atoms with Crippen molar-refractivity contribution < 1.29 is 4.79 Å². The van der Waals surface area contributed by atoms with Crippen LogP contribution in [0.5, 0.6) is 0 Å². The topological polar surface area (TPSA) is 73.1 Å². The molecule has 0 unspecified atom stereocenters. The first-order chi connectivity index (χ1) is 11.6. The van der Waals surface area contributed by atoms with Crippen LogP contribution in [0.4, 0.5) is 0 Å². The molecule has 1 aromatic heterocycles. The van der Waals surface area contributed by atoms with Crippen molar-refractivity contribution in [1.82, 2.24) is 14.5 Å². The van der Waals surface area contributed by atoms with E-state index in [0.29, 0.717) is 11.0 Å². The first-order valence-electron chi connectivity index (χ1n) is 8.56. The molecule has 0 bridgehead atoms. The zero-order valence-electron chi connectivity index (χ0n) is 14.0. The third-order valence-corrected chi connectivity index (χ3v) is 4.79. The number of carbonyl (C=O) groups excluding carboxylic acids is 1. The molecular weight excluding hydrogens is 306 g/mol. The number of fused-ring (bicyclic) bond motifs is 1. The Balaban J connectivity index is 1.88. The molecule has 0 aliphatic heterocycles. The molecule has 1 fully saturated rings. The molecule has 1 aliphatic rings. The van der Waals surface area contributed by atoms with E-state index in [2.05, 4.69) is 5.32 Å². The van der Waals surface area contributed by atoms with Crippen molar-refractivity contribution in [3.63, 3.8) is 0 Å². The lowest BCUT2D eigenvalue weighted by Crippen LogP contribution is -2.44. The highest BCUT2D eigenvalue weighted by Crippen LogP contribution is 2.17. The predicted octanol–water partition coefficient (Wildman–Crippen LogP) is 1.54. The molecule has 0 saturated heterocycles. The van der Waals surface area contributed by atoms with Crippen LogP contribution >= 0.6 is 0 Å². The van der Waals surface area contributed by atoms with Crippen molar-refractivity contribution in [1.29, 1.82) is 0 Å². The maximum atomic E-state index is 12.4. The molecule has 0 radical (unpaired) electrons. The van der Waals surface area contributed by atoms with Gasteiger partial charge in [0.15, 0.2) is 0 Å². The van der Waals surface area contributed by atoms with E-state index < -0.39 is 11.1 Å². The Hall–Kier alpha value is -2.37. The Morgan fingerprint density at radius 2 is 1.67 bits per heavy atom. The highest BCUT2D eigenvalue weighted by Gasteiger charge is 2.17. The van der Waals surface area contributed by atoms with Crippen LogP contribution in [0.2, 0.25) is 0 Å². The number of hydrogen-bond acceptors (Lipinski definition) is 3. The summed E-state index contributed by atoms with van der Waals surface area (Å²) < 4.78 is 2.61. The highest BCUT2D eigenvalue weighted by molar-refractivity contribution is 5.80. The number of nitrogens with one attached hydrogen (secondary N) is 1. The van der Waals surface area contributed by atoms with Gasteiger partial charge in [-0.1, -0.05) is 37.8 Å². The number of aryl methyl sites for hydroxylation is 1. The summed E-state index contributed by atoms with van der Waals surface area (Å²) in [5.41, 5.74) is -0.0341. The lowest BCUT2D eigenvalue weighted by Gasteiger charge is -2.17. The second kappa shape index (κ2) is 7.03. The third-order valence-electron chi connectivity index (χ3n) is 4.79. The van der Waals surface area contributed by atoms with Crippen LogP contribution in [0.3, 0.4) is 0 Å². The van der Waals surface area contributed by atoms with Gasteiger partial charge in [0.05, 0.1) is 11.0 Å². The van der Waals surface area contributed by atoms with Gasteiger partial charge in [-0.3, -0.25) is 19.0 Å². The number of carbonyl (C=O) groups is 1. The fourth-order valence-corrected chi connectivity index (χ4v) is 3.45. The lowest BCUT2D eigenvalue weighted by molar-refractivity contribution is -0.122. The second-order valence-corrected chi connectivity index (χ2v) is 6.50. The average molecular weight is 329 g/mol. The molecule has 2 aromatic rings. The number of nitrogens with zero attached hydrogens (tertiary/aromatic N) is 2. The van der Waals surface area contributed by atoms with E-state index in [4.69, 9.17) is 0 Å². The molecule has 0 spiro atoms. The van der Waals surface area contributed by atoms with Crippen LogP contribution in [-0.2, 0) is 18.4 Å². The van der Waals surface area contributed by atoms with Gasteiger partial charge in [-0.2, -0.15) is 0 Å². The molecule has 1 saturated carbocycles. The quantitative estimate of drug-likeness (QED) is 0.686. The minimum atomic E-state index is -0.660. The van der Waals surface area contributed by atoms with Gasteiger partial charge in [0.25, 0.3) is 0 Å². The maximum Gasteiger partial charge on any atom is 0.317 e. The van der Waals surface area contributed by atoms with E-state index in [1.807, 2.05) is 6.07 Å². The molecule has 3 rings (SSSR count). The Kier molecular flexibility index (Phi) is 4.83. The molecular formula is C18H23N3O3. The van der Waals surface area contributed by atoms with Crippen molar-refractivity contribution in [3.05, 3.63) is 45.0 Å². The Labute approximate surface area is 140 Å². The molecule has 6 nitrogen and oxygen atoms in total. The largest absolute Gasteiger partial charge is 0.352 e. The van der Waals surface area contributed by atoms with E-state index in [1.165, 1.54) is 22.0 Å². The van der Waals surface area contributed by atoms with Crippen molar-refractivity contribution >= 4 is 16.9 Å². The minimum absolute atomic E-state index is 0.119. The summed E-state index contributed by atoms with van der Waals surface area (Å²) in [5, 5.41) is 3.03. The normalized spacial score (nSPS) is 16.0. The molecule has 0 atom stereocenters. The van der Waals surface area contributed by atoms with Gasteiger partial charge >= 0.3 is 11.1 Å². The van der Waals surface area contributed by atoms with Gasteiger partial charge in [-0.05, 0) is 25.0 Å². The fraction of sp³-hybridized carbons (Fsp3) is 0.500. The van der Waals surface area contributed by atoms with Crippen LogP contribution in [0.1, 0.15) is 38.5 Å². The molecule has 128 valence electrons. The summed E-state index contributed by atoms with van der Waals surface area (Å²) in [7, 11) is 1.57. The maximum absolute atomic E-state index is 12.4. The summed E-state index contributed by atoms with van der Waals surface area (Å²) in [6, 6.07) is 7.31. The van der Waals surface area contributed by atoms with E-state index >= 15 is 0 Å². The van der Waals surface area contributed by atoms with E-state index in [0.717, 1.165) is 25.7 Å². The monoisotopic (exact) mass is 329 g/mol. The van der Waals surface area contributed by atoms with E-state index in [1.54, 1.807) is 25.2 Å². The summed E-state index contributed by atoms with van der Waals surface area (Å²) in [5.74, 6) is -0.206. The van der Waals surface area contributed by atoms with Crippen LogP contribution in [0, 0.1) is 0 Å². The third kappa shape index (κ3) is 3.27. The van der Waals surface area contributed by atoms with Gasteiger partial charge in [0.1, 0.15) is 6.54 Å². The molecule has 1 heterocycles. The average Bonchev–Trinajstić information content (AvgIpc) is 2.85. The summed E-state index contributed by atoms with van der Waals surface area (Å²) >= 11 is 0. The van der Waals surface area contributed by atoms with Gasteiger partial charge in [-0.15, -0.1) is 0 Å². The van der Waals surface area contributed by atoms with Crippen LogP contribution in [-0.4, -0.2) is 21.1 Å². The zero-order valence-corrected chi connectivity index (χ0v) is 14.0. The molecule has 1 amide bonds. The molecule has 1 N–H and O–H groups in total. The predicted molar refractivity (Wildman–Crippen MR) is 93.1 cm³/mol. The molecule has 24 heavy (non-hydrogen) atoms.